The van der Waals surface area contributed by atoms with Crippen LogP contribution in [0.5, 0.6) is 0 Å². The number of alkyl halides is 6. The van der Waals surface area contributed by atoms with Gasteiger partial charge in [0.1, 0.15) is 0 Å². The highest BCUT2D eigenvalue weighted by molar-refractivity contribution is 4.90. The summed E-state index contributed by atoms with van der Waals surface area (Å²) in [5, 5.41) is 0. The summed E-state index contributed by atoms with van der Waals surface area (Å²) < 4.78 is 125. The molecule has 0 fully saturated rings. The van der Waals surface area contributed by atoms with Gasteiger partial charge >= 0.3 is 30.3 Å². The van der Waals surface area contributed by atoms with Gasteiger partial charge in [0.15, 0.2) is 12.5 Å². The highest BCUT2D eigenvalue weighted by Gasteiger charge is 2.76. The van der Waals surface area contributed by atoms with E-state index in [0.717, 1.165) is 0 Å². The molecule has 0 atom stereocenters. The maximum Gasteiger partial charge on any atom is 0.484 e. The summed E-state index contributed by atoms with van der Waals surface area (Å²) in [6.07, 6.45) is -15.0. The van der Waals surface area contributed by atoms with Gasteiger partial charge in [-0.25, -0.2) is 0 Å². The van der Waals surface area contributed by atoms with Crippen molar-refractivity contribution in [3.63, 3.8) is 0 Å². The van der Waals surface area contributed by atoms with Gasteiger partial charge in [-0.15, -0.1) is 0 Å². The minimum absolute atomic E-state index is 1.15. The van der Waals surface area contributed by atoms with Gasteiger partial charge < -0.3 is 9.47 Å². The predicted molar refractivity (Wildman–Crippen MR) is 37.6 cm³/mol. The summed E-state index contributed by atoms with van der Waals surface area (Å²) in [6, 6.07) is -5.63. The van der Waals surface area contributed by atoms with Gasteiger partial charge in [-0.1, -0.05) is 0 Å². The Morgan fingerprint density at radius 3 is 1.21 bits per heavy atom. The molecule has 0 aliphatic carbocycles. The van der Waals surface area contributed by atoms with E-state index in [0.29, 0.717) is 0 Å². The molecule has 0 amide bonds. The zero-order valence-corrected chi connectivity index (χ0v) is 8.25. The summed E-state index contributed by atoms with van der Waals surface area (Å²) in [5.74, 6) is -6.50. The van der Waals surface area contributed by atoms with Crippen molar-refractivity contribution in [1.29, 1.82) is 0 Å². The predicted octanol–water partition coefficient (Wildman–Crippen LogP) is 4.32. The highest BCUT2D eigenvalue weighted by Crippen LogP contribution is 2.47. The Balaban J connectivity index is 5.50. The molecule has 0 spiro atoms. The lowest BCUT2D eigenvalue weighted by Crippen LogP contribution is -2.56. The second-order valence-electron chi connectivity index (χ2n) is 2.66. The molecule has 0 unspecified atom stereocenters. The Bertz CT molecular complexity index is 343. The lowest BCUT2D eigenvalue weighted by molar-refractivity contribution is -0.438. The second-order valence-corrected chi connectivity index (χ2v) is 2.66. The van der Waals surface area contributed by atoms with E-state index in [2.05, 4.69) is 9.47 Å². The Kier molecular flexibility index (Phi) is 5.09. The molecule has 112 valence electrons. The van der Waals surface area contributed by atoms with Gasteiger partial charge in [-0.3, -0.25) is 0 Å². The van der Waals surface area contributed by atoms with E-state index >= 15 is 0 Å². The number of rotatable bonds is 5. The van der Waals surface area contributed by atoms with Crippen LogP contribution >= 0.6 is 0 Å². The summed E-state index contributed by atoms with van der Waals surface area (Å²) in [6.45, 7) is 0. The Morgan fingerprint density at radius 2 is 1.00 bits per heavy atom. The summed E-state index contributed by atoms with van der Waals surface area (Å²) in [4.78, 5) is 0. The van der Waals surface area contributed by atoms with Crippen molar-refractivity contribution >= 4 is 0 Å². The fourth-order valence-corrected chi connectivity index (χ4v) is 0.586. The number of halogens is 10. The van der Waals surface area contributed by atoms with Crippen LogP contribution < -0.4 is 0 Å². The molecule has 0 saturated carbocycles. The molecule has 0 aromatic carbocycles. The minimum Gasteiger partial charge on any atom is -0.424 e. The van der Waals surface area contributed by atoms with Crippen molar-refractivity contribution in [3.8, 4) is 0 Å². The average molecular weight is 308 g/mol. The fraction of sp³-hybridized carbons (Fsp3) is 0.429. The maximum absolute atomic E-state index is 13.1. The molecular formula is C7H2F10O2. The van der Waals surface area contributed by atoms with Crippen molar-refractivity contribution in [2.45, 2.75) is 18.1 Å². The van der Waals surface area contributed by atoms with Gasteiger partial charge in [0, 0.05) is 0 Å². The van der Waals surface area contributed by atoms with E-state index in [1.807, 2.05) is 0 Å². The first kappa shape index (κ1) is 17.4. The van der Waals surface area contributed by atoms with E-state index in [1.165, 1.54) is 0 Å². The number of hydrogen-bond acceptors (Lipinski definition) is 2. The van der Waals surface area contributed by atoms with Crippen molar-refractivity contribution in [2.75, 3.05) is 0 Å². The lowest BCUT2D eigenvalue weighted by Gasteiger charge is -2.31. The van der Waals surface area contributed by atoms with Crippen LogP contribution in [0.3, 0.4) is 0 Å². The molecule has 0 rings (SSSR count). The van der Waals surface area contributed by atoms with Crippen LogP contribution in [0.4, 0.5) is 43.9 Å². The normalized spacial score (nSPS) is 12.7. The van der Waals surface area contributed by atoms with Crippen molar-refractivity contribution < 1.29 is 53.4 Å². The highest BCUT2D eigenvalue weighted by atomic mass is 19.4. The topological polar surface area (TPSA) is 18.5 Å². The second kappa shape index (κ2) is 5.57. The first-order valence-electron chi connectivity index (χ1n) is 3.85. The first-order chi connectivity index (χ1) is 8.33. The molecule has 0 aromatic heterocycles. The van der Waals surface area contributed by atoms with Gasteiger partial charge in [0.2, 0.25) is 0 Å². The average Bonchev–Trinajstić information content (AvgIpc) is 2.21. The molecule has 0 aromatic rings. The number of ether oxygens (including phenoxy) is 2. The molecule has 0 aliphatic rings. The first-order valence-corrected chi connectivity index (χ1v) is 3.85. The monoisotopic (exact) mass is 308 g/mol. The standard InChI is InChI=1S/C7H2F10O2/c8-3(9)1-18-7(17,19-2-4(10)11)5(12,13)6(14,15)16/h1-2H. The third-order valence-corrected chi connectivity index (χ3v) is 1.33. The third-order valence-electron chi connectivity index (χ3n) is 1.33. The van der Waals surface area contributed by atoms with E-state index in [4.69, 9.17) is 0 Å². The zero-order chi connectivity index (χ0) is 15.5. The van der Waals surface area contributed by atoms with Crippen LogP contribution in [0.25, 0.3) is 0 Å². The molecule has 2 nitrogen and oxygen atoms in total. The fourth-order valence-electron chi connectivity index (χ4n) is 0.586. The summed E-state index contributed by atoms with van der Waals surface area (Å²) >= 11 is 0. The number of hydrogen-bond donors (Lipinski definition) is 0. The Labute approximate surface area is 97.4 Å². The molecular weight excluding hydrogens is 306 g/mol. The van der Waals surface area contributed by atoms with E-state index in [-0.39, 0.29) is 0 Å². The lowest BCUT2D eigenvalue weighted by atomic mass is 10.3. The van der Waals surface area contributed by atoms with E-state index in [9.17, 15) is 43.9 Å². The molecule has 0 radical (unpaired) electrons. The van der Waals surface area contributed by atoms with E-state index < -0.39 is 42.8 Å². The van der Waals surface area contributed by atoms with Crippen LogP contribution in [0.15, 0.2) is 24.7 Å². The largest absolute Gasteiger partial charge is 0.484 e. The quantitative estimate of drug-likeness (QED) is 0.428. The van der Waals surface area contributed by atoms with E-state index in [1.54, 1.807) is 0 Å². The van der Waals surface area contributed by atoms with Crippen LogP contribution in [0.1, 0.15) is 0 Å². The van der Waals surface area contributed by atoms with Gasteiger partial charge in [0.05, 0.1) is 0 Å². The zero-order valence-electron chi connectivity index (χ0n) is 8.25. The van der Waals surface area contributed by atoms with Crippen LogP contribution in [0, 0.1) is 0 Å². The van der Waals surface area contributed by atoms with Crippen LogP contribution in [0.2, 0.25) is 0 Å². The van der Waals surface area contributed by atoms with Gasteiger partial charge in [-0.05, 0) is 0 Å². The van der Waals surface area contributed by atoms with Crippen molar-refractivity contribution in [1.82, 2.24) is 0 Å². The molecule has 0 heterocycles. The van der Waals surface area contributed by atoms with Crippen LogP contribution in [-0.2, 0) is 9.47 Å². The molecule has 0 aliphatic heterocycles. The molecule has 19 heavy (non-hydrogen) atoms. The van der Waals surface area contributed by atoms with Gasteiger partial charge in [0.25, 0.3) is 0 Å². The molecule has 12 heteroatoms. The molecule has 0 N–H and O–H groups in total. The molecule has 0 bridgehead atoms. The van der Waals surface area contributed by atoms with Crippen molar-refractivity contribution in [2.24, 2.45) is 0 Å². The Hall–Kier alpha value is -1.62. The summed E-state index contributed by atoms with van der Waals surface area (Å²) in [7, 11) is 0. The summed E-state index contributed by atoms with van der Waals surface area (Å²) in [5.41, 5.74) is 0. The van der Waals surface area contributed by atoms with Crippen molar-refractivity contribution in [3.05, 3.63) is 24.7 Å². The van der Waals surface area contributed by atoms with Gasteiger partial charge in [-0.2, -0.15) is 43.9 Å². The third kappa shape index (κ3) is 4.21. The maximum atomic E-state index is 13.1. The Morgan fingerprint density at radius 1 is 0.684 bits per heavy atom. The smallest absolute Gasteiger partial charge is 0.424 e. The molecule has 0 saturated heterocycles. The SMILES string of the molecule is FC(F)=COC(F)(OC=C(F)F)C(F)(F)C(F)(F)F. The minimum atomic E-state index is -6.65. The van der Waals surface area contributed by atoms with Crippen LogP contribution in [-0.4, -0.2) is 18.1 Å².